The fraction of sp³-hybridized carbons (Fsp3) is 0.250. The largest absolute Gasteiger partial charge is 0.484 e. The van der Waals surface area contributed by atoms with Gasteiger partial charge in [-0.2, -0.15) is 0 Å². The lowest BCUT2D eigenvalue weighted by Crippen LogP contribution is -2.31. The second kappa shape index (κ2) is 10.7. The smallest absolute Gasteiger partial charge is 0.262 e. The predicted octanol–water partition coefficient (Wildman–Crippen LogP) is 3.78. The SMILES string of the molecule is C=C(CCNC(=O)c1cncc(CC)c1)NC(=O)COc1ccc(Cl)c(Cl)c1. The van der Waals surface area contributed by atoms with Crippen molar-refractivity contribution in [3.8, 4) is 5.75 Å². The van der Waals surface area contributed by atoms with Crippen LogP contribution in [-0.4, -0.2) is 29.9 Å². The number of hydrogen-bond acceptors (Lipinski definition) is 4. The molecule has 1 aromatic heterocycles. The van der Waals surface area contributed by atoms with E-state index in [1.54, 1.807) is 24.4 Å². The van der Waals surface area contributed by atoms with Crippen LogP contribution < -0.4 is 15.4 Å². The van der Waals surface area contributed by atoms with Crippen LogP contribution in [0.2, 0.25) is 10.0 Å². The molecule has 2 N–H and O–H groups in total. The Kier molecular flexibility index (Phi) is 8.29. The zero-order chi connectivity index (χ0) is 20.5. The number of rotatable bonds is 9. The number of nitrogens with zero attached hydrogens (tertiary/aromatic N) is 1. The van der Waals surface area contributed by atoms with Gasteiger partial charge in [0.2, 0.25) is 0 Å². The molecule has 1 heterocycles. The average Bonchev–Trinajstić information content (AvgIpc) is 2.68. The Morgan fingerprint density at radius 3 is 2.68 bits per heavy atom. The van der Waals surface area contributed by atoms with Crippen LogP contribution in [0.5, 0.6) is 5.75 Å². The molecule has 0 aliphatic rings. The molecule has 0 fully saturated rings. The topological polar surface area (TPSA) is 80.3 Å². The van der Waals surface area contributed by atoms with Gasteiger partial charge < -0.3 is 15.4 Å². The summed E-state index contributed by atoms with van der Waals surface area (Å²) in [6.45, 7) is 5.92. The molecule has 1 aromatic carbocycles. The van der Waals surface area contributed by atoms with Gasteiger partial charge in [-0.05, 0) is 30.2 Å². The van der Waals surface area contributed by atoms with E-state index in [-0.39, 0.29) is 18.4 Å². The van der Waals surface area contributed by atoms with Crippen LogP contribution in [0.15, 0.2) is 48.9 Å². The van der Waals surface area contributed by atoms with Crippen LogP contribution in [-0.2, 0) is 11.2 Å². The fourth-order valence-electron chi connectivity index (χ4n) is 2.25. The average molecular weight is 422 g/mol. The molecule has 6 nitrogen and oxygen atoms in total. The quantitative estimate of drug-likeness (QED) is 0.645. The summed E-state index contributed by atoms with van der Waals surface area (Å²) in [6.07, 6.45) is 4.45. The number of hydrogen-bond donors (Lipinski definition) is 2. The summed E-state index contributed by atoms with van der Waals surface area (Å²) >= 11 is 11.7. The summed E-state index contributed by atoms with van der Waals surface area (Å²) in [7, 11) is 0. The van der Waals surface area contributed by atoms with Gasteiger partial charge in [-0.3, -0.25) is 14.6 Å². The van der Waals surface area contributed by atoms with Gasteiger partial charge in [-0.15, -0.1) is 0 Å². The molecule has 0 radical (unpaired) electrons. The molecule has 0 atom stereocenters. The maximum Gasteiger partial charge on any atom is 0.262 e. The first-order chi connectivity index (χ1) is 13.4. The molecule has 0 unspecified atom stereocenters. The molecule has 0 saturated heterocycles. The van der Waals surface area contributed by atoms with Crippen molar-refractivity contribution >= 4 is 35.0 Å². The number of carbonyl (C=O) groups excluding carboxylic acids is 2. The highest BCUT2D eigenvalue weighted by Gasteiger charge is 2.09. The van der Waals surface area contributed by atoms with Crippen molar-refractivity contribution in [3.05, 3.63) is 70.1 Å². The molecule has 0 aliphatic heterocycles. The third-order valence-corrected chi connectivity index (χ3v) is 4.49. The first-order valence-electron chi connectivity index (χ1n) is 8.66. The van der Waals surface area contributed by atoms with E-state index in [0.29, 0.717) is 40.0 Å². The highest BCUT2D eigenvalue weighted by molar-refractivity contribution is 6.42. The molecule has 2 rings (SSSR count). The Hall–Kier alpha value is -2.57. The first kappa shape index (κ1) is 21.7. The summed E-state index contributed by atoms with van der Waals surface area (Å²) in [5.41, 5.74) is 1.97. The van der Waals surface area contributed by atoms with Crippen molar-refractivity contribution in [3.63, 3.8) is 0 Å². The molecule has 2 aromatic rings. The summed E-state index contributed by atoms with van der Waals surface area (Å²) < 4.78 is 5.35. The lowest BCUT2D eigenvalue weighted by atomic mass is 10.1. The van der Waals surface area contributed by atoms with Gasteiger partial charge >= 0.3 is 0 Å². The standard InChI is InChI=1S/C20H21Cl2N3O3/c1-3-14-8-15(11-23-10-14)20(27)24-7-6-13(2)25-19(26)12-28-16-4-5-17(21)18(22)9-16/h4-5,8-11H,2-3,6-7,12H2,1H3,(H,24,27)(H,25,26). The lowest BCUT2D eigenvalue weighted by molar-refractivity contribution is -0.122. The van der Waals surface area contributed by atoms with Gasteiger partial charge in [-0.1, -0.05) is 36.7 Å². The summed E-state index contributed by atoms with van der Waals surface area (Å²) in [5, 5.41) is 6.16. The number of aryl methyl sites for hydroxylation is 1. The zero-order valence-corrected chi connectivity index (χ0v) is 16.9. The number of carbonyl (C=O) groups is 2. The number of amides is 2. The van der Waals surface area contributed by atoms with Crippen molar-refractivity contribution in [2.45, 2.75) is 19.8 Å². The minimum absolute atomic E-state index is 0.196. The Morgan fingerprint density at radius 2 is 1.96 bits per heavy atom. The predicted molar refractivity (Wildman–Crippen MR) is 110 cm³/mol. The normalized spacial score (nSPS) is 10.2. The number of halogens is 2. The monoisotopic (exact) mass is 421 g/mol. The molecule has 148 valence electrons. The Bertz CT molecular complexity index is 872. The summed E-state index contributed by atoms with van der Waals surface area (Å²) in [4.78, 5) is 28.1. The molecular weight excluding hydrogens is 401 g/mol. The molecule has 0 aliphatic carbocycles. The van der Waals surface area contributed by atoms with E-state index in [0.717, 1.165) is 12.0 Å². The molecular formula is C20H21Cl2N3O3. The van der Waals surface area contributed by atoms with Crippen LogP contribution in [0, 0.1) is 0 Å². The van der Waals surface area contributed by atoms with Gasteiger partial charge in [0.05, 0.1) is 15.6 Å². The van der Waals surface area contributed by atoms with Crippen LogP contribution >= 0.6 is 23.2 Å². The molecule has 0 saturated carbocycles. The van der Waals surface area contributed by atoms with Gasteiger partial charge in [0.25, 0.3) is 11.8 Å². The third-order valence-electron chi connectivity index (χ3n) is 3.75. The van der Waals surface area contributed by atoms with Crippen molar-refractivity contribution in [2.24, 2.45) is 0 Å². The van der Waals surface area contributed by atoms with Gasteiger partial charge in [0, 0.05) is 37.1 Å². The van der Waals surface area contributed by atoms with Gasteiger partial charge in [0.1, 0.15) is 5.75 Å². The summed E-state index contributed by atoms with van der Waals surface area (Å²) in [5.74, 6) is -0.141. The summed E-state index contributed by atoms with van der Waals surface area (Å²) in [6, 6.07) is 6.54. The number of benzene rings is 1. The molecule has 0 bridgehead atoms. The van der Waals surface area contributed by atoms with Crippen LogP contribution in [0.4, 0.5) is 0 Å². The van der Waals surface area contributed by atoms with Crippen LogP contribution in [0.3, 0.4) is 0 Å². The number of aromatic nitrogens is 1. The van der Waals surface area contributed by atoms with E-state index in [1.807, 2.05) is 6.92 Å². The minimum Gasteiger partial charge on any atom is -0.484 e. The first-order valence-corrected chi connectivity index (χ1v) is 9.42. The minimum atomic E-state index is -0.359. The second-order valence-electron chi connectivity index (χ2n) is 5.96. The van der Waals surface area contributed by atoms with Crippen molar-refractivity contribution < 1.29 is 14.3 Å². The van der Waals surface area contributed by atoms with E-state index in [4.69, 9.17) is 27.9 Å². The van der Waals surface area contributed by atoms with E-state index < -0.39 is 0 Å². The molecule has 8 heteroatoms. The van der Waals surface area contributed by atoms with Crippen molar-refractivity contribution in [2.75, 3.05) is 13.2 Å². The Balaban J connectivity index is 1.70. The second-order valence-corrected chi connectivity index (χ2v) is 6.77. The number of nitrogens with one attached hydrogen (secondary N) is 2. The lowest BCUT2D eigenvalue weighted by Gasteiger charge is -2.11. The fourth-order valence-corrected chi connectivity index (χ4v) is 2.53. The van der Waals surface area contributed by atoms with Gasteiger partial charge in [-0.25, -0.2) is 0 Å². The molecule has 2 amide bonds. The van der Waals surface area contributed by atoms with E-state index in [9.17, 15) is 9.59 Å². The van der Waals surface area contributed by atoms with E-state index in [2.05, 4.69) is 22.2 Å². The molecule has 0 spiro atoms. The van der Waals surface area contributed by atoms with Crippen LogP contribution in [0.1, 0.15) is 29.3 Å². The maximum atomic E-state index is 12.1. The van der Waals surface area contributed by atoms with Gasteiger partial charge in [0.15, 0.2) is 6.61 Å². The third kappa shape index (κ3) is 6.87. The van der Waals surface area contributed by atoms with E-state index in [1.165, 1.54) is 12.3 Å². The number of pyridine rings is 1. The highest BCUT2D eigenvalue weighted by atomic mass is 35.5. The van der Waals surface area contributed by atoms with Crippen molar-refractivity contribution in [1.29, 1.82) is 0 Å². The van der Waals surface area contributed by atoms with E-state index >= 15 is 0 Å². The molecule has 28 heavy (non-hydrogen) atoms. The van der Waals surface area contributed by atoms with Crippen molar-refractivity contribution in [1.82, 2.24) is 15.6 Å². The maximum absolute atomic E-state index is 12.1. The Morgan fingerprint density at radius 1 is 1.18 bits per heavy atom. The van der Waals surface area contributed by atoms with Crippen LogP contribution in [0.25, 0.3) is 0 Å². The Labute approximate surface area is 173 Å². The number of ether oxygens (including phenoxy) is 1. The highest BCUT2D eigenvalue weighted by Crippen LogP contribution is 2.26. The zero-order valence-electron chi connectivity index (χ0n) is 15.4.